The van der Waals surface area contributed by atoms with E-state index < -0.39 is 0 Å². The largest absolute Gasteiger partial charge is 0.333 e. The van der Waals surface area contributed by atoms with Gasteiger partial charge in [0.05, 0.1) is 0 Å². The molecule has 0 aromatic heterocycles. The van der Waals surface area contributed by atoms with Gasteiger partial charge in [0.25, 0.3) is 5.24 Å². The fourth-order valence-corrected chi connectivity index (χ4v) is 7.68. The van der Waals surface area contributed by atoms with E-state index in [4.69, 9.17) is 0 Å². The first-order chi connectivity index (χ1) is 23.6. The third-order valence-electron chi connectivity index (χ3n) is 8.96. The number of carbonyl (C=O) groups excluding carboxylic acids is 1. The smallest absolute Gasteiger partial charge is 0.281 e. The zero-order chi connectivity index (χ0) is 35.0. The predicted molar refractivity (Wildman–Crippen MR) is 224 cm³/mol. The highest BCUT2D eigenvalue weighted by Gasteiger charge is 2.13. The van der Waals surface area contributed by atoms with Crippen molar-refractivity contribution in [2.24, 2.45) is 0 Å². The maximum Gasteiger partial charge on any atom is 0.281 e. The maximum atomic E-state index is 13.0. The van der Waals surface area contributed by atoms with E-state index in [2.05, 4.69) is 74.2 Å². The molecule has 0 atom stereocenters. The molecule has 0 saturated heterocycles. The number of allylic oxidation sites excluding steroid dienone is 6. The van der Waals surface area contributed by atoms with Crippen molar-refractivity contribution in [1.29, 1.82) is 0 Å². The van der Waals surface area contributed by atoms with Crippen LogP contribution in [0, 0.1) is 0 Å². The number of nitrogens with zero attached hydrogens (tertiary/aromatic N) is 2. The third kappa shape index (κ3) is 38.2. The summed E-state index contributed by atoms with van der Waals surface area (Å²) in [5, 5.41) is 0.289. The molecule has 0 unspecified atom stereocenters. The van der Waals surface area contributed by atoms with Crippen molar-refractivity contribution in [3.05, 3.63) is 36.5 Å². The van der Waals surface area contributed by atoms with Crippen LogP contribution in [0.15, 0.2) is 36.5 Å². The van der Waals surface area contributed by atoms with E-state index in [1.165, 1.54) is 172 Å². The molecule has 0 spiro atoms. The monoisotopic (exact) mass is 707 g/mol. The minimum atomic E-state index is 0.289. The molecule has 0 aromatic rings. The van der Waals surface area contributed by atoms with Gasteiger partial charge in [-0.15, -0.1) is 0 Å². The van der Waals surface area contributed by atoms with Crippen LogP contribution in [0.25, 0.3) is 0 Å². The molecule has 0 heterocycles. The summed E-state index contributed by atoms with van der Waals surface area (Å²) < 4.78 is 0. The average Bonchev–Trinajstić information content (AvgIpc) is 3.07. The lowest BCUT2D eigenvalue weighted by Crippen LogP contribution is -2.32. The summed E-state index contributed by atoms with van der Waals surface area (Å²) in [7, 11) is 4.17. The number of amides is 1. The van der Waals surface area contributed by atoms with Gasteiger partial charge in [0.2, 0.25) is 0 Å². The van der Waals surface area contributed by atoms with Gasteiger partial charge in [0.1, 0.15) is 0 Å². The van der Waals surface area contributed by atoms with Crippen LogP contribution in [-0.4, -0.2) is 66.0 Å². The normalized spacial score (nSPS) is 12.1. The lowest BCUT2D eigenvalue weighted by molar-refractivity contribution is 0.225. The van der Waals surface area contributed by atoms with Crippen LogP contribution < -0.4 is 0 Å². The van der Waals surface area contributed by atoms with Crippen LogP contribution in [0.1, 0.15) is 181 Å². The van der Waals surface area contributed by atoms with Crippen LogP contribution in [0.2, 0.25) is 0 Å². The summed E-state index contributed by atoms with van der Waals surface area (Å²) >= 11 is 3.56. The molecule has 0 saturated carbocycles. The van der Waals surface area contributed by atoms with Crippen LogP contribution in [0.3, 0.4) is 0 Å². The Kier molecular flexibility index (Phi) is 40.2. The van der Waals surface area contributed by atoms with Crippen molar-refractivity contribution in [2.75, 3.05) is 51.0 Å². The average molecular weight is 707 g/mol. The molecule has 5 heteroatoms. The molecule has 0 rings (SSSR count). The Labute approximate surface area is 310 Å². The number of hydrogen-bond donors (Lipinski definition) is 0. The fourth-order valence-electron chi connectivity index (χ4n) is 5.72. The molecule has 0 fully saturated rings. The van der Waals surface area contributed by atoms with Crippen LogP contribution in [-0.2, 0) is 0 Å². The van der Waals surface area contributed by atoms with Gasteiger partial charge in [-0.3, -0.25) is 4.79 Å². The van der Waals surface area contributed by atoms with Gasteiger partial charge in [0, 0.05) is 31.1 Å². The van der Waals surface area contributed by atoms with Crippen LogP contribution in [0.4, 0.5) is 4.79 Å². The highest BCUT2D eigenvalue weighted by atomic mass is 32.2. The molecule has 0 aliphatic carbocycles. The summed E-state index contributed by atoms with van der Waals surface area (Å²) in [6.45, 7) is 7.35. The van der Waals surface area contributed by atoms with Crippen molar-refractivity contribution < 1.29 is 4.79 Å². The molecular formula is C43H82N2OS2. The molecule has 0 aromatic carbocycles. The molecule has 1 amide bonds. The van der Waals surface area contributed by atoms with Gasteiger partial charge in [-0.1, -0.05) is 158 Å². The van der Waals surface area contributed by atoms with Gasteiger partial charge < -0.3 is 9.80 Å². The van der Waals surface area contributed by atoms with E-state index in [0.717, 1.165) is 44.0 Å². The van der Waals surface area contributed by atoms with E-state index in [-0.39, 0.29) is 5.24 Å². The standard InChI is InChI=1S/C43H82N2OS2/c1-5-7-9-11-13-15-17-19-21-23-25-27-29-31-33-35-37-45(43(46)48-42-38-44(3)4)39-41-47-40-36-34-32-30-28-26-24-22-20-18-16-14-12-10-8-6-2/h13,15,19-22H,5-12,14,16-18,23-42H2,1-4H3/b15-13-,21-19-,22-20-. The van der Waals surface area contributed by atoms with Crippen molar-refractivity contribution in [1.82, 2.24) is 9.80 Å². The Bertz CT molecular complexity index is 736. The Morgan fingerprint density at radius 3 is 1.44 bits per heavy atom. The first-order valence-electron chi connectivity index (χ1n) is 20.7. The SMILES string of the molecule is CCCCC/C=C\C/C=C\CCCCCCCCN(CCSCCCCCCCC/C=C\CCCCCCCC)C(=O)SCCN(C)C. The van der Waals surface area contributed by atoms with E-state index in [1.807, 2.05) is 11.8 Å². The highest BCUT2D eigenvalue weighted by molar-refractivity contribution is 8.13. The summed E-state index contributed by atoms with van der Waals surface area (Å²) in [6.07, 6.45) is 48.5. The second kappa shape index (κ2) is 40.8. The zero-order valence-corrected chi connectivity index (χ0v) is 34.3. The summed E-state index contributed by atoms with van der Waals surface area (Å²) in [5.74, 6) is 3.20. The van der Waals surface area contributed by atoms with Gasteiger partial charge in [-0.05, 0) is 90.5 Å². The number of carbonyl (C=O) groups is 1. The molecule has 48 heavy (non-hydrogen) atoms. The van der Waals surface area contributed by atoms with Crippen molar-refractivity contribution in [3.63, 3.8) is 0 Å². The number of rotatable bonds is 37. The Morgan fingerprint density at radius 1 is 0.458 bits per heavy atom. The molecule has 0 aliphatic heterocycles. The van der Waals surface area contributed by atoms with E-state index in [9.17, 15) is 4.79 Å². The first-order valence-corrected chi connectivity index (χ1v) is 22.8. The second-order valence-electron chi connectivity index (χ2n) is 14.0. The fraction of sp³-hybridized carbons (Fsp3) is 0.837. The molecule has 0 bridgehead atoms. The van der Waals surface area contributed by atoms with Crippen LogP contribution in [0.5, 0.6) is 0 Å². The zero-order valence-electron chi connectivity index (χ0n) is 32.7. The number of unbranched alkanes of at least 4 members (excludes halogenated alkanes) is 21. The highest BCUT2D eigenvalue weighted by Crippen LogP contribution is 2.16. The van der Waals surface area contributed by atoms with Gasteiger partial charge >= 0.3 is 0 Å². The molecule has 0 radical (unpaired) electrons. The topological polar surface area (TPSA) is 23.6 Å². The Hall–Kier alpha value is -0.650. The third-order valence-corrected chi connectivity index (χ3v) is 10.9. The summed E-state index contributed by atoms with van der Waals surface area (Å²) in [6, 6.07) is 0. The van der Waals surface area contributed by atoms with Crippen molar-refractivity contribution in [3.8, 4) is 0 Å². The molecule has 3 nitrogen and oxygen atoms in total. The van der Waals surface area contributed by atoms with Gasteiger partial charge in [-0.25, -0.2) is 0 Å². The molecule has 0 N–H and O–H groups in total. The lowest BCUT2D eigenvalue weighted by Gasteiger charge is -2.22. The van der Waals surface area contributed by atoms with Crippen LogP contribution >= 0.6 is 23.5 Å². The quantitative estimate of drug-likeness (QED) is 0.0474. The Balaban J connectivity index is 3.88. The van der Waals surface area contributed by atoms with Crippen molar-refractivity contribution >= 4 is 28.8 Å². The first kappa shape index (κ1) is 47.4. The minimum absolute atomic E-state index is 0.289. The summed E-state index contributed by atoms with van der Waals surface area (Å²) in [4.78, 5) is 17.3. The second-order valence-corrected chi connectivity index (χ2v) is 16.3. The van der Waals surface area contributed by atoms with E-state index in [0.29, 0.717) is 0 Å². The van der Waals surface area contributed by atoms with Crippen molar-refractivity contribution in [2.45, 2.75) is 181 Å². The van der Waals surface area contributed by atoms with Gasteiger partial charge in [-0.2, -0.15) is 11.8 Å². The number of thioether (sulfide) groups is 2. The van der Waals surface area contributed by atoms with E-state index >= 15 is 0 Å². The maximum absolute atomic E-state index is 13.0. The minimum Gasteiger partial charge on any atom is -0.333 e. The lowest BCUT2D eigenvalue weighted by atomic mass is 10.1. The number of hydrogen-bond acceptors (Lipinski definition) is 4. The molecule has 0 aliphatic rings. The predicted octanol–water partition coefficient (Wildman–Crippen LogP) is 14.3. The summed E-state index contributed by atoms with van der Waals surface area (Å²) in [5.41, 5.74) is 0. The molecule has 282 valence electrons. The Morgan fingerprint density at radius 2 is 0.896 bits per heavy atom. The van der Waals surface area contributed by atoms with Gasteiger partial charge in [0.15, 0.2) is 0 Å². The van der Waals surface area contributed by atoms with E-state index in [1.54, 1.807) is 0 Å². The molecular weight excluding hydrogens is 625 g/mol.